The zero-order valence-electron chi connectivity index (χ0n) is 8.02. The highest BCUT2D eigenvalue weighted by molar-refractivity contribution is 5.69. The van der Waals surface area contributed by atoms with E-state index in [4.69, 9.17) is 15.3 Å². The van der Waals surface area contributed by atoms with Gasteiger partial charge in [-0.3, -0.25) is 9.69 Å². The highest BCUT2D eigenvalue weighted by Gasteiger charge is 2.47. The first-order valence-electron chi connectivity index (χ1n) is 4.58. The molecule has 0 aromatic rings. The van der Waals surface area contributed by atoms with Gasteiger partial charge >= 0.3 is 5.97 Å². The summed E-state index contributed by atoms with van der Waals surface area (Å²) in [5, 5.41) is 45.5. The Kier molecular flexibility index (Phi) is 4.00. The molecule has 0 spiro atoms. The molecule has 5 N–H and O–H groups in total. The second-order valence-electron chi connectivity index (χ2n) is 3.55. The largest absolute Gasteiger partial charge is 0.480 e. The van der Waals surface area contributed by atoms with Crippen LogP contribution in [0.4, 0.5) is 0 Å². The molecule has 7 heteroatoms. The van der Waals surface area contributed by atoms with E-state index in [1.54, 1.807) is 0 Å². The Morgan fingerprint density at radius 1 is 1.07 bits per heavy atom. The first kappa shape index (κ1) is 12.3. The van der Waals surface area contributed by atoms with E-state index in [0.717, 1.165) is 0 Å². The maximum Gasteiger partial charge on any atom is 0.317 e. The van der Waals surface area contributed by atoms with Gasteiger partial charge in [0.2, 0.25) is 0 Å². The van der Waals surface area contributed by atoms with Crippen molar-refractivity contribution >= 4 is 5.97 Å². The maximum absolute atomic E-state index is 10.5. The van der Waals surface area contributed by atoms with Crippen LogP contribution in [0.1, 0.15) is 0 Å². The standard InChI is InChI=1S/C8H15NO6/c10-2-4-7(14)8(15)5(3-11)9(4)1-6(12)13/h4-5,7-8,10-11,14-15H,1-3H2,(H,12,13)/t4-,5?,7-,8-/m1/s1. The van der Waals surface area contributed by atoms with Gasteiger partial charge < -0.3 is 25.5 Å². The van der Waals surface area contributed by atoms with Gasteiger partial charge in [-0.25, -0.2) is 0 Å². The molecular formula is C8H15NO6. The number of carboxylic acids is 1. The number of aliphatic hydroxyl groups excluding tert-OH is 4. The summed E-state index contributed by atoms with van der Waals surface area (Å²) in [6.07, 6.45) is -2.49. The Bertz CT molecular complexity index is 219. The predicted molar refractivity (Wildman–Crippen MR) is 48.1 cm³/mol. The summed E-state index contributed by atoms with van der Waals surface area (Å²) >= 11 is 0. The molecule has 1 heterocycles. The molecule has 0 amide bonds. The van der Waals surface area contributed by atoms with Crippen molar-refractivity contribution in [2.75, 3.05) is 19.8 Å². The van der Waals surface area contributed by atoms with E-state index in [9.17, 15) is 15.0 Å². The lowest BCUT2D eigenvalue weighted by molar-refractivity contribution is -0.139. The van der Waals surface area contributed by atoms with Gasteiger partial charge in [0.05, 0.1) is 44.1 Å². The van der Waals surface area contributed by atoms with Gasteiger partial charge in [0, 0.05) is 0 Å². The van der Waals surface area contributed by atoms with Crippen molar-refractivity contribution in [2.24, 2.45) is 0 Å². The van der Waals surface area contributed by atoms with E-state index >= 15 is 0 Å². The highest BCUT2D eigenvalue weighted by Crippen LogP contribution is 2.24. The smallest absolute Gasteiger partial charge is 0.317 e. The molecular weight excluding hydrogens is 206 g/mol. The molecule has 1 rings (SSSR count). The molecule has 0 saturated carbocycles. The van der Waals surface area contributed by atoms with Gasteiger partial charge in [0.25, 0.3) is 0 Å². The summed E-state index contributed by atoms with van der Waals surface area (Å²) in [7, 11) is 0. The molecule has 88 valence electrons. The van der Waals surface area contributed by atoms with Crippen molar-refractivity contribution in [3.05, 3.63) is 0 Å². The number of aliphatic carboxylic acids is 1. The molecule has 0 aromatic carbocycles. The van der Waals surface area contributed by atoms with Crippen molar-refractivity contribution < 1.29 is 30.3 Å². The average Bonchev–Trinajstić information content (AvgIpc) is 2.38. The number of hydrogen-bond acceptors (Lipinski definition) is 6. The van der Waals surface area contributed by atoms with Crippen LogP contribution in [0.5, 0.6) is 0 Å². The maximum atomic E-state index is 10.5. The van der Waals surface area contributed by atoms with Crippen LogP contribution in [-0.2, 0) is 4.79 Å². The van der Waals surface area contributed by atoms with E-state index in [1.807, 2.05) is 0 Å². The molecule has 7 nitrogen and oxygen atoms in total. The fourth-order valence-corrected chi connectivity index (χ4v) is 1.91. The molecule has 0 radical (unpaired) electrons. The quantitative estimate of drug-likeness (QED) is 0.339. The number of carboxylic acid groups (broad SMARTS) is 1. The molecule has 0 aromatic heterocycles. The summed E-state index contributed by atoms with van der Waals surface area (Å²) in [5.41, 5.74) is 0. The first-order chi connectivity index (χ1) is 7.02. The van der Waals surface area contributed by atoms with Gasteiger partial charge in [-0.15, -0.1) is 0 Å². The Hall–Kier alpha value is -0.730. The molecule has 1 aliphatic rings. The number of hydrogen-bond donors (Lipinski definition) is 5. The van der Waals surface area contributed by atoms with Crippen molar-refractivity contribution in [3.8, 4) is 0 Å². The minimum Gasteiger partial charge on any atom is -0.480 e. The van der Waals surface area contributed by atoms with E-state index < -0.39 is 50.0 Å². The third-order valence-electron chi connectivity index (χ3n) is 2.68. The Morgan fingerprint density at radius 3 is 1.73 bits per heavy atom. The fraction of sp³-hybridized carbons (Fsp3) is 0.875. The molecule has 1 saturated heterocycles. The number of nitrogens with zero attached hydrogens (tertiary/aromatic N) is 1. The van der Waals surface area contributed by atoms with Crippen LogP contribution in [0.2, 0.25) is 0 Å². The van der Waals surface area contributed by atoms with Crippen LogP contribution in [0.3, 0.4) is 0 Å². The van der Waals surface area contributed by atoms with Crippen LogP contribution < -0.4 is 0 Å². The molecule has 0 aliphatic carbocycles. The van der Waals surface area contributed by atoms with E-state index in [1.165, 1.54) is 4.90 Å². The van der Waals surface area contributed by atoms with Crippen LogP contribution in [0.15, 0.2) is 0 Å². The van der Waals surface area contributed by atoms with Crippen molar-refractivity contribution in [2.45, 2.75) is 24.3 Å². The summed E-state index contributed by atoms with van der Waals surface area (Å²) in [5.74, 6) is -1.15. The highest BCUT2D eigenvalue weighted by atomic mass is 16.4. The van der Waals surface area contributed by atoms with Crippen molar-refractivity contribution in [1.82, 2.24) is 4.90 Å². The number of likely N-dealkylation sites (tertiary alicyclic amines) is 1. The lowest BCUT2D eigenvalue weighted by Gasteiger charge is -2.26. The summed E-state index contributed by atoms with van der Waals surface area (Å²) in [4.78, 5) is 11.7. The first-order valence-corrected chi connectivity index (χ1v) is 4.58. The second-order valence-corrected chi connectivity index (χ2v) is 3.55. The van der Waals surface area contributed by atoms with E-state index in [-0.39, 0.29) is 0 Å². The normalized spacial score (nSPS) is 37.1. The summed E-state index contributed by atoms with van der Waals surface area (Å²) in [6.45, 7) is -1.38. The van der Waals surface area contributed by atoms with Gasteiger partial charge in [0.1, 0.15) is 0 Å². The lowest BCUT2D eigenvalue weighted by Crippen LogP contribution is -2.45. The van der Waals surface area contributed by atoms with Crippen LogP contribution in [0, 0.1) is 0 Å². The van der Waals surface area contributed by atoms with Gasteiger partial charge in [0.15, 0.2) is 0 Å². The molecule has 4 atom stereocenters. The minimum atomic E-state index is -1.24. The number of aliphatic hydroxyl groups is 4. The predicted octanol–water partition coefficient (Wildman–Crippen LogP) is -3.17. The Labute approximate surface area is 86.2 Å². The Balaban J connectivity index is 2.82. The number of rotatable bonds is 4. The molecule has 15 heavy (non-hydrogen) atoms. The van der Waals surface area contributed by atoms with Gasteiger partial charge in [-0.1, -0.05) is 0 Å². The van der Waals surface area contributed by atoms with Gasteiger partial charge in [-0.05, 0) is 0 Å². The monoisotopic (exact) mass is 221 g/mol. The van der Waals surface area contributed by atoms with E-state index in [0.29, 0.717) is 0 Å². The zero-order chi connectivity index (χ0) is 11.6. The lowest BCUT2D eigenvalue weighted by atomic mass is 10.1. The third kappa shape index (κ3) is 2.27. The minimum absolute atomic E-state index is 0.440. The summed E-state index contributed by atoms with van der Waals surface area (Å²) < 4.78 is 0. The van der Waals surface area contributed by atoms with Crippen molar-refractivity contribution in [3.63, 3.8) is 0 Å². The number of carbonyl (C=O) groups is 1. The third-order valence-corrected chi connectivity index (χ3v) is 2.68. The van der Waals surface area contributed by atoms with E-state index in [2.05, 4.69) is 0 Å². The SMILES string of the molecule is O=C(O)CN1C(CO)[C@@H](O)[C@H](O)[C@H]1CO. The van der Waals surface area contributed by atoms with Crippen LogP contribution in [0.25, 0.3) is 0 Å². The average molecular weight is 221 g/mol. The molecule has 1 fully saturated rings. The molecule has 1 unspecified atom stereocenters. The van der Waals surface area contributed by atoms with Crippen LogP contribution >= 0.6 is 0 Å². The topological polar surface area (TPSA) is 121 Å². The van der Waals surface area contributed by atoms with Crippen LogP contribution in [-0.4, -0.2) is 80.5 Å². The van der Waals surface area contributed by atoms with Gasteiger partial charge in [-0.2, -0.15) is 0 Å². The fourth-order valence-electron chi connectivity index (χ4n) is 1.91. The zero-order valence-corrected chi connectivity index (χ0v) is 8.02. The second kappa shape index (κ2) is 4.86. The molecule has 0 bridgehead atoms. The Morgan fingerprint density at radius 2 is 1.47 bits per heavy atom. The summed E-state index contributed by atoms with van der Waals surface area (Å²) in [6, 6.07) is -1.71. The van der Waals surface area contributed by atoms with Crippen molar-refractivity contribution in [1.29, 1.82) is 0 Å². The molecule has 1 aliphatic heterocycles.